The van der Waals surface area contributed by atoms with Gasteiger partial charge in [-0.2, -0.15) is 4.98 Å². The van der Waals surface area contributed by atoms with Crippen LogP contribution in [0.2, 0.25) is 0 Å². The SMILES string of the molecule is COc1ccc(-c2noc(CN(C)Cc3ccc(C)o3)n2)cc1OC. The van der Waals surface area contributed by atoms with Gasteiger partial charge >= 0.3 is 0 Å². The minimum atomic E-state index is 0.512. The van der Waals surface area contributed by atoms with E-state index >= 15 is 0 Å². The Balaban J connectivity index is 1.69. The molecule has 0 fully saturated rings. The molecule has 0 radical (unpaired) electrons. The summed E-state index contributed by atoms with van der Waals surface area (Å²) in [5, 5.41) is 4.05. The van der Waals surface area contributed by atoms with E-state index in [1.807, 2.05) is 49.2 Å². The summed E-state index contributed by atoms with van der Waals surface area (Å²) >= 11 is 0. The zero-order valence-electron chi connectivity index (χ0n) is 14.8. The lowest BCUT2D eigenvalue weighted by molar-refractivity contribution is 0.243. The van der Waals surface area contributed by atoms with Gasteiger partial charge in [-0.15, -0.1) is 0 Å². The predicted octanol–water partition coefficient (Wildman–Crippen LogP) is 3.29. The van der Waals surface area contributed by atoms with Crippen molar-refractivity contribution in [1.82, 2.24) is 15.0 Å². The van der Waals surface area contributed by atoms with E-state index in [1.165, 1.54) is 0 Å². The summed E-state index contributed by atoms with van der Waals surface area (Å²) in [6.45, 7) is 3.12. The van der Waals surface area contributed by atoms with Gasteiger partial charge in [0.25, 0.3) is 0 Å². The number of hydrogen-bond donors (Lipinski definition) is 0. The van der Waals surface area contributed by atoms with Crippen molar-refractivity contribution in [2.45, 2.75) is 20.0 Å². The first kappa shape index (κ1) is 17.0. The molecule has 7 nitrogen and oxygen atoms in total. The average molecular weight is 343 g/mol. The predicted molar refractivity (Wildman–Crippen MR) is 91.5 cm³/mol. The van der Waals surface area contributed by atoms with Gasteiger partial charge in [-0.25, -0.2) is 0 Å². The maximum Gasteiger partial charge on any atom is 0.241 e. The van der Waals surface area contributed by atoms with Crippen LogP contribution in [0.15, 0.2) is 39.3 Å². The monoisotopic (exact) mass is 343 g/mol. The maximum atomic E-state index is 5.58. The zero-order valence-corrected chi connectivity index (χ0v) is 14.8. The summed E-state index contributed by atoms with van der Waals surface area (Å²) in [7, 11) is 5.16. The molecule has 0 saturated carbocycles. The molecule has 2 heterocycles. The van der Waals surface area contributed by atoms with Crippen LogP contribution in [0.3, 0.4) is 0 Å². The number of furan rings is 1. The van der Waals surface area contributed by atoms with E-state index in [9.17, 15) is 0 Å². The lowest BCUT2D eigenvalue weighted by atomic mass is 10.2. The number of ether oxygens (including phenoxy) is 2. The van der Waals surface area contributed by atoms with E-state index in [2.05, 4.69) is 10.1 Å². The molecule has 3 aromatic rings. The Morgan fingerprint density at radius 1 is 1.04 bits per heavy atom. The topological polar surface area (TPSA) is 73.8 Å². The lowest BCUT2D eigenvalue weighted by Gasteiger charge is -2.11. The number of aromatic nitrogens is 2. The van der Waals surface area contributed by atoms with Crippen molar-refractivity contribution in [1.29, 1.82) is 0 Å². The highest BCUT2D eigenvalue weighted by Crippen LogP contribution is 2.31. The fourth-order valence-corrected chi connectivity index (χ4v) is 2.53. The molecule has 3 rings (SSSR count). The molecule has 132 valence electrons. The summed E-state index contributed by atoms with van der Waals surface area (Å²) in [6, 6.07) is 9.42. The number of hydrogen-bond acceptors (Lipinski definition) is 7. The van der Waals surface area contributed by atoms with E-state index < -0.39 is 0 Å². The van der Waals surface area contributed by atoms with E-state index in [0.717, 1.165) is 17.1 Å². The third-order valence-electron chi connectivity index (χ3n) is 3.74. The van der Waals surface area contributed by atoms with Crippen molar-refractivity contribution < 1.29 is 18.4 Å². The molecule has 0 N–H and O–H groups in total. The molecule has 2 aromatic heterocycles. The molecule has 0 saturated heterocycles. The third-order valence-corrected chi connectivity index (χ3v) is 3.74. The second kappa shape index (κ2) is 7.40. The molecule has 0 unspecified atom stereocenters. The number of benzene rings is 1. The van der Waals surface area contributed by atoms with Gasteiger partial charge in [0.1, 0.15) is 11.5 Å². The molecule has 25 heavy (non-hydrogen) atoms. The quantitative estimate of drug-likeness (QED) is 0.651. The number of nitrogens with zero attached hydrogens (tertiary/aromatic N) is 3. The van der Waals surface area contributed by atoms with Crippen LogP contribution in [-0.4, -0.2) is 36.3 Å². The van der Waals surface area contributed by atoms with E-state index in [0.29, 0.717) is 36.3 Å². The van der Waals surface area contributed by atoms with Gasteiger partial charge in [-0.1, -0.05) is 5.16 Å². The Morgan fingerprint density at radius 3 is 2.52 bits per heavy atom. The van der Waals surface area contributed by atoms with Crippen molar-refractivity contribution in [3.05, 3.63) is 47.7 Å². The molecular weight excluding hydrogens is 322 g/mol. The Kier molecular flexibility index (Phi) is 5.04. The summed E-state index contributed by atoms with van der Waals surface area (Å²) in [5.41, 5.74) is 0.803. The molecule has 7 heteroatoms. The Labute approximate surface area is 146 Å². The molecule has 0 aliphatic rings. The molecule has 0 aliphatic carbocycles. The van der Waals surface area contributed by atoms with Crippen LogP contribution >= 0.6 is 0 Å². The Hall–Kier alpha value is -2.80. The minimum absolute atomic E-state index is 0.512. The summed E-state index contributed by atoms with van der Waals surface area (Å²) < 4.78 is 21.5. The van der Waals surface area contributed by atoms with Gasteiger partial charge in [0.2, 0.25) is 11.7 Å². The number of aryl methyl sites for hydroxylation is 1. The van der Waals surface area contributed by atoms with Crippen LogP contribution in [0.4, 0.5) is 0 Å². The zero-order chi connectivity index (χ0) is 17.8. The van der Waals surface area contributed by atoms with Crippen LogP contribution in [-0.2, 0) is 13.1 Å². The Morgan fingerprint density at radius 2 is 1.84 bits per heavy atom. The largest absolute Gasteiger partial charge is 0.493 e. The van der Waals surface area contributed by atoms with Crippen molar-refractivity contribution in [3.8, 4) is 22.9 Å². The fraction of sp³-hybridized carbons (Fsp3) is 0.333. The van der Waals surface area contributed by atoms with Gasteiger partial charge in [-0.3, -0.25) is 4.90 Å². The van der Waals surface area contributed by atoms with Crippen LogP contribution < -0.4 is 9.47 Å². The second-order valence-corrected chi connectivity index (χ2v) is 5.77. The van der Waals surface area contributed by atoms with Crippen LogP contribution in [0.25, 0.3) is 11.4 Å². The van der Waals surface area contributed by atoms with Crippen LogP contribution in [0.1, 0.15) is 17.4 Å². The van der Waals surface area contributed by atoms with Crippen molar-refractivity contribution in [2.24, 2.45) is 0 Å². The summed E-state index contributed by atoms with van der Waals surface area (Å²) in [5.74, 6) is 4.13. The molecule has 0 aliphatic heterocycles. The average Bonchev–Trinajstić information content (AvgIpc) is 3.23. The van der Waals surface area contributed by atoms with Gasteiger partial charge in [0.05, 0.1) is 27.3 Å². The summed E-state index contributed by atoms with van der Waals surface area (Å²) in [4.78, 5) is 6.50. The van der Waals surface area contributed by atoms with E-state index in [4.69, 9.17) is 18.4 Å². The standard InChI is InChI=1S/C18H21N3O4/c1-12-5-7-14(24-12)10-21(2)11-17-19-18(20-25-17)13-6-8-15(22-3)16(9-13)23-4/h5-9H,10-11H2,1-4H3. The normalized spacial score (nSPS) is 11.1. The molecule has 0 amide bonds. The van der Waals surface area contributed by atoms with E-state index in [1.54, 1.807) is 14.2 Å². The molecule has 0 bridgehead atoms. The van der Waals surface area contributed by atoms with Crippen LogP contribution in [0, 0.1) is 6.92 Å². The van der Waals surface area contributed by atoms with Crippen molar-refractivity contribution in [3.63, 3.8) is 0 Å². The highest BCUT2D eigenvalue weighted by atomic mass is 16.5. The fourth-order valence-electron chi connectivity index (χ4n) is 2.53. The second-order valence-electron chi connectivity index (χ2n) is 5.77. The first-order chi connectivity index (χ1) is 12.1. The number of rotatable bonds is 7. The van der Waals surface area contributed by atoms with Gasteiger partial charge in [0.15, 0.2) is 11.5 Å². The van der Waals surface area contributed by atoms with Gasteiger partial charge in [0, 0.05) is 5.56 Å². The lowest BCUT2D eigenvalue weighted by Crippen LogP contribution is -2.17. The third kappa shape index (κ3) is 4.00. The van der Waals surface area contributed by atoms with Crippen molar-refractivity contribution >= 4 is 0 Å². The van der Waals surface area contributed by atoms with Gasteiger partial charge in [-0.05, 0) is 44.3 Å². The van der Waals surface area contributed by atoms with Gasteiger partial charge < -0.3 is 18.4 Å². The minimum Gasteiger partial charge on any atom is -0.493 e. The molecular formula is C18H21N3O4. The highest BCUT2D eigenvalue weighted by Gasteiger charge is 2.14. The smallest absolute Gasteiger partial charge is 0.241 e. The van der Waals surface area contributed by atoms with Crippen molar-refractivity contribution in [2.75, 3.05) is 21.3 Å². The number of methoxy groups -OCH3 is 2. The highest BCUT2D eigenvalue weighted by molar-refractivity contribution is 5.60. The molecule has 1 aromatic carbocycles. The van der Waals surface area contributed by atoms with Crippen LogP contribution in [0.5, 0.6) is 11.5 Å². The first-order valence-corrected chi connectivity index (χ1v) is 7.88. The Bertz CT molecular complexity index is 840. The van der Waals surface area contributed by atoms with E-state index in [-0.39, 0.29) is 0 Å². The molecule has 0 spiro atoms. The maximum absolute atomic E-state index is 5.58. The summed E-state index contributed by atoms with van der Waals surface area (Å²) in [6.07, 6.45) is 0. The molecule has 0 atom stereocenters. The first-order valence-electron chi connectivity index (χ1n) is 7.88.